The van der Waals surface area contributed by atoms with E-state index in [9.17, 15) is 4.39 Å². The van der Waals surface area contributed by atoms with Gasteiger partial charge in [0.15, 0.2) is 11.6 Å². The lowest BCUT2D eigenvalue weighted by Crippen LogP contribution is -2.21. The molecule has 2 nitrogen and oxygen atoms in total. The van der Waals surface area contributed by atoms with Gasteiger partial charge in [-0.2, -0.15) is 0 Å². The minimum Gasteiger partial charge on any atom is -0.494 e. The number of methoxy groups -OCH3 is 1. The second-order valence-corrected chi connectivity index (χ2v) is 6.04. The molecule has 0 aromatic heterocycles. The third-order valence-corrected chi connectivity index (χ3v) is 4.51. The van der Waals surface area contributed by atoms with Crippen molar-refractivity contribution in [2.24, 2.45) is 5.92 Å². The summed E-state index contributed by atoms with van der Waals surface area (Å²) in [5, 5.41) is 3.52. The molecule has 0 amide bonds. The molecule has 0 aliphatic heterocycles. The SMILES string of the molecule is COc1ccc(C(C)NC[C@@H]2C[C@H]2c2ccccc2)cc1F. The fourth-order valence-electron chi connectivity index (χ4n) is 2.98. The quantitative estimate of drug-likeness (QED) is 0.859. The van der Waals surface area contributed by atoms with Crippen molar-refractivity contribution in [2.45, 2.75) is 25.3 Å². The van der Waals surface area contributed by atoms with Crippen molar-refractivity contribution in [3.8, 4) is 5.75 Å². The van der Waals surface area contributed by atoms with E-state index in [4.69, 9.17) is 4.74 Å². The van der Waals surface area contributed by atoms with Gasteiger partial charge in [-0.3, -0.25) is 0 Å². The molecule has 3 heteroatoms. The van der Waals surface area contributed by atoms with Crippen LogP contribution in [0.1, 0.15) is 36.4 Å². The summed E-state index contributed by atoms with van der Waals surface area (Å²) in [5.74, 6) is 1.35. The van der Waals surface area contributed by atoms with Gasteiger partial charge in [0.25, 0.3) is 0 Å². The van der Waals surface area contributed by atoms with Gasteiger partial charge < -0.3 is 10.1 Å². The Morgan fingerprint density at radius 1 is 1.23 bits per heavy atom. The summed E-state index contributed by atoms with van der Waals surface area (Å²) < 4.78 is 18.7. The van der Waals surface area contributed by atoms with E-state index in [0.717, 1.165) is 12.1 Å². The molecule has 1 fully saturated rings. The summed E-state index contributed by atoms with van der Waals surface area (Å²) in [6.45, 7) is 3.04. The second-order valence-electron chi connectivity index (χ2n) is 6.04. The van der Waals surface area contributed by atoms with Gasteiger partial charge in [-0.15, -0.1) is 0 Å². The fourth-order valence-corrected chi connectivity index (χ4v) is 2.98. The van der Waals surface area contributed by atoms with Crippen LogP contribution in [0.2, 0.25) is 0 Å². The molecule has 3 atom stereocenters. The van der Waals surface area contributed by atoms with Crippen LogP contribution in [0.5, 0.6) is 5.75 Å². The molecule has 0 saturated heterocycles. The monoisotopic (exact) mass is 299 g/mol. The van der Waals surface area contributed by atoms with Crippen molar-refractivity contribution >= 4 is 0 Å². The van der Waals surface area contributed by atoms with Crippen LogP contribution in [-0.4, -0.2) is 13.7 Å². The molecular formula is C19H22FNO. The Hall–Kier alpha value is -1.87. The number of rotatable bonds is 6. The van der Waals surface area contributed by atoms with Crippen molar-refractivity contribution < 1.29 is 9.13 Å². The van der Waals surface area contributed by atoms with E-state index < -0.39 is 0 Å². The van der Waals surface area contributed by atoms with Crippen molar-refractivity contribution in [1.29, 1.82) is 0 Å². The molecular weight excluding hydrogens is 277 g/mol. The van der Waals surface area contributed by atoms with E-state index in [1.54, 1.807) is 12.1 Å². The van der Waals surface area contributed by atoms with E-state index >= 15 is 0 Å². The fraction of sp³-hybridized carbons (Fsp3) is 0.368. The first-order valence-corrected chi connectivity index (χ1v) is 7.81. The summed E-state index contributed by atoms with van der Waals surface area (Å²) in [4.78, 5) is 0. The topological polar surface area (TPSA) is 21.3 Å². The number of hydrogen-bond acceptors (Lipinski definition) is 2. The molecule has 1 saturated carbocycles. The molecule has 1 aliphatic carbocycles. The molecule has 2 aromatic carbocycles. The first-order valence-electron chi connectivity index (χ1n) is 7.81. The molecule has 116 valence electrons. The van der Waals surface area contributed by atoms with Crippen LogP contribution in [0, 0.1) is 11.7 Å². The van der Waals surface area contributed by atoms with Gasteiger partial charge in [-0.25, -0.2) is 4.39 Å². The maximum absolute atomic E-state index is 13.8. The van der Waals surface area contributed by atoms with E-state index in [-0.39, 0.29) is 11.9 Å². The Kier molecular flexibility index (Phi) is 4.44. The van der Waals surface area contributed by atoms with Crippen LogP contribution in [0.4, 0.5) is 4.39 Å². The highest BCUT2D eigenvalue weighted by Gasteiger charge is 2.37. The smallest absolute Gasteiger partial charge is 0.165 e. The number of nitrogens with one attached hydrogen (secondary N) is 1. The van der Waals surface area contributed by atoms with Crippen LogP contribution in [0.3, 0.4) is 0 Å². The van der Waals surface area contributed by atoms with Crippen LogP contribution in [0.15, 0.2) is 48.5 Å². The summed E-state index contributed by atoms with van der Waals surface area (Å²) in [6, 6.07) is 15.9. The molecule has 22 heavy (non-hydrogen) atoms. The molecule has 2 aromatic rings. The van der Waals surface area contributed by atoms with E-state index in [2.05, 4.69) is 42.6 Å². The second kappa shape index (κ2) is 6.49. The normalized spacial score (nSPS) is 21.4. The lowest BCUT2D eigenvalue weighted by Gasteiger charge is -2.15. The first-order chi connectivity index (χ1) is 10.7. The van der Waals surface area contributed by atoms with Crippen LogP contribution >= 0.6 is 0 Å². The Labute approximate surface area is 131 Å². The first kappa shape index (κ1) is 15.0. The van der Waals surface area contributed by atoms with Crippen molar-refractivity contribution in [1.82, 2.24) is 5.32 Å². The largest absolute Gasteiger partial charge is 0.494 e. The minimum atomic E-state index is -0.303. The molecule has 0 bridgehead atoms. The van der Waals surface area contributed by atoms with Gasteiger partial charge in [0, 0.05) is 6.04 Å². The zero-order valence-corrected chi connectivity index (χ0v) is 13.1. The Morgan fingerprint density at radius 2 is 2.00 bits per heavy atom. The molecule has 1 N–H and O–H groups in total. The van der Waals surface area contributed by atoms with Crippen LogP contribution in [0.25, 0.3) is 0 Å². The highest BCUT2D eigenvalue weighted by Crippen LogP contribution is 2.47. The molecule has 0 spiro atoms. The molecule has 0 heterocycles. The summed E-state index contributed by atoms with van der Waals surface area (Å²) >= 11 is 0. The highest BCUT2D eigenvalue weighted by atomic mass is 19.1. The standard InChI is InChI=1S/C19H22FNO/c1-13(15-8-9-19(22-2)18(20)11-15)21-12-16-10-17(16)14-6-4-3-5-7-14/h3-9,11,13,16-17,21H,10,12H2,1-2H3/t13?,16-,17-/m0/s1. The lowest BCUT2D eigenvalue weighted by atomic mass is 10.1. The Morgan fingerprint density at radius 3 is 2.68 bits per heavy atom. The van der Waals surface area contributed by atoms with Gasteiger partial charge in [0.1, 0.15) is 0 Å². The van der Waals surface area contributed by atoms with E-state index in [0.29, 0.717) is 17.6 Å². The van der Waals surface area contributed by atoms with Crippen molar-refractivity contribution in [3.05, 3.63) is 65.5 Å². The number of ether oxygens (including phenoxy) is 1. The molecule has 3 rings (SSSR count). The van der Waals surface area contributed by atoms with Gasteiger partial charge >= 0.3 is 0 Å². The number of hydrogen-bond donors (Lipinski definition) is 1. The zero-order valence-electron chi connectivity index (χ0n) is 13.1. The maximum atomic E-state index is 13.8. The number of halogens is 1. The van der Waals surface area contributed by atoms with Crippen molar-refractivity contribution in [3.63, 3.8) is 0 Å². The molecule has 0 radical (unpaired) electrons. The predicted molar refractivity (Wildman–Crippen MR) is 86.7 cm³/mol. The summed E-state index contributed by atoms with van der Waals surface area (Å²) in [7, 11) is 1.48. The van der Waals surface area contributed by atoms with Gasteiger partial charge in [-0.1, -0.05) is 36.4 Å². The Balaban J connectivity index is 1.53. The highest BCUT2D eigenvalue weighted by molar-refractivity contribution is 5.31. The van der Waals surface area contributed by atoms with Crippen LogP contribution < -0.4 is 10.1 Å². The van der Waals surface area contributed by atoms with E-state index in [1.807, 2.05) is 6.07 Å². The van der Waals surface area contributed by atoms with Gasteiger partial charge in [0.05, 0.1) is 7.11 Å². The maximum Gasteiger partial charge on any atom is 0.165 e. The van der Waals surface area contributed by atoms with Crippen LogP contribution in [-0.2, 0) is 0 Å². The van der Waals surface area contributed by atoms with E-state index in [1.165, 1.54) is 19.1 Å². The lowest BCUT2D eigenvalue weighted by molar-refractivity contribution is 0.385. The predicted octanol–water partition coefficient (Wildman–Crippen LogP) is 4.29. The Bertz CT molecular complexity index is 629. The molecule has 1 unspecified atom stereocenters. The third-order valence-electron chi connectivity index (χ3n) is 4.51. The van der Waals surface area contributed by atoms with Crippen molar-refractivity contribution in [2.75, 3.05) is 13.7 Å². The van der Waals surface area contributed by atoms with Gasteiger partial charge in [-0.05, 0) is 55.0 Å². The summed E-state index contributed by atoms with van der Waals surface area (Å²) in [5.41, 5.74) is 2.38. The summed E-state index contributed by atoms with van der Waals surface area (Å²) in [6.07, 6.45) is 1.24. The average molecular weight is 299 g/mol. The third kappa shape index (κ3) is 3.30. The minimum absolute atomic E-state index is 0.137. The van der Waals surface area contributed by atoms with Gasteiger partial charge in [0.2, 0.25) is 0 Å². The molecule has 1 aliphatic rings. The number of benzene rings is 2. The average Bonchev–Trinajstić information content (AvgIpc) is 3.33. The zero-order chi connectivity index (χ0) is 15.5.